The Balaban J connectivity index is 1.75. The van der Waals surface area contributed by atoms with Crippen LogP contribution in [0, 0.1) is 0 Å². The molecular weight excluding hydrogens is 254 g/mol. The van der Waals surface area contributed by atoms with Crippen molar-refractivity contribution in [2.75, 3.05) is 6.54 Å². The first-order valence-corrected chi connectivity index (χ1v) is 6.30. The van der Waals surface area contributed by atoms with Crippen molar-refractivity contribution in [3.63, 3.8) is 0 Å². The topological polar surface area (TPSA) is 55.4 Å². The molecule has 0 atom stereocenters. The van der Waals surface area contributed by atoms with Gasteiger partial charge >= 0.3 is 5.97 Å². The van der Waals surface area contributed by atoms with Crippen molar-refractivity contribution in [3.8, 4) is 5.75 Å². The van der Waals surface area contributed by atoms with E-state index in [2.05, 4.69) is 5.32 Å². The SMILES string of the molecule is O=C(Cc1ccccc1)NCC(=O)Oc1ccccc1. The largest absolute Gasteiger partial charge is 0.425 e. The van der Waals surface area contributed by atoms with Gasteiger partial charge in [0.15, 0.2) is 0 Å². The predicted molar refractivity (Wildman–Crippen MR) is 75.2 cm³/mol. The minimum Gasteiger partial charge on any atom is -0.425 e. The van der Waals surface area contributed by atoms with Gasteiger partial charge in [-0.05, 0) is 17.7 Å². The normalized spacial score (nSPS) is 9.80. The van der Waals surface area contributed by atoms with E-state index in [0.717, 1.165) is 5.56 Å². The molecule has 2 aromatic carbocycles. The van der Waals surface area contributed by atoms with E-state index in [4.69, 9.17) is 4.74 Å². The third-order valence-corrected chi connectivity index (χ3v) is 2.61. The first-order valence-electron chi connectivity index (χ1n) is 6.30. The second kappa shape index (κ2) is 7.09. The van der Waals surface area contributed by atoms with Crippen molar-refractivity contribution in [1.82, 2.24) is 5.32 Å². The van der Waals surface area contributed by atoms with Crippen LogP contribution >= 0.6 is 0 Å². The monoisotopic (exact) mass is 269 g/mol. The lowest BCUT2D eigenvalue weighted by atomic mass is 10.1. The van der Waals surface area contributed by atoms with E-state index in [1.54, 1.807) is 24.3 Å². The van der Waals surface area contributed by atoms with Gasteiger partial charge in [-0.1, -0.05) is 48.5 Å². The Labute approximate surface area is 117 Å². The van der Waals surface area contributed by atoms with Gasteiger partial charge in [0.05, 0.1) is 6.42 Å². The molecule has 0 radical (unpaired) electrons. The molecule has 0 spiro atoms. The molecule has 1 amide bonds. The molecule has 1 N–H and O–H groups in total. The maximum Gasteiger partial charge on any atom is 0.330 e. The molecule has 0 unspecified atom stereocenters. The van der Waals surface area contributed by atoms with Crippen molar-refractivity contribution in [2.24, 2.45) is 0 Å². The fraction of sp³-hybridized carbons (Fsp3) is 0.125. The lowest BCUT2D eigenvalue weighted by molar-refractivity contribution is -0.135. The van der Waals surface area contributed by atoms with Crippen LogP contribution in [0.15, 0.2) is 60.7 Å². The average Bonchev–Trinajstić information content (AvgIpc) is 2.47. The number of esters is 1. The Kier molecular flexibility index (Phi) is 4.89. The summed E-state index contributed by atoms with van der Waals surface area (Å²) in [5, 5.41) is 2.54. The summed E-state index contributed by atoms with van der Waals surface area (Å²) in [5.74, 6) is -0.228. The van der Waals surface area contributed by atoms with Gasteiger partial charge in [-0.25, -0.2) is 4.79 Å². The molecule has 4 nitrogen and oxygen atoms in total. The molecule has 20 heavy (non-hydrogen) atoms. The highest BCUT2D eigenvalue weighted by atomic mass is 16.5. The Bertz CT molecular complexity index is 513. The van der Waals surface area contributed by atoms with Gasteiger partial charge in [0.25, 0.3) is 0 Å². The van der Waals surface area contributed by atoms with Crippen LogP contribution in [-0.2, 0) is 16.0 Å². The molecule has 0 heterocycles. The fourth-order valence-electron chi connectivity index (χ4n) is 1.67. The van der Waals surface area contributed by atoms with Gasteiger partial charge in [0.2, 0.25) is 5.91 Å². The number of carbonyl (C=O) groups excluding carboxylic acids is 2. The highest BCUT2D eigenvalue weighted by Crippen LogP contribution is 2.08. The summed E-state index contributed by atoms with van der Waals surface area (Å²) in [7, 11) is 0. The summed E-state index contributed by atoms with van der Waals surface area (Å²) in [6.45, 7) is -0.138. The smallest absolute Gasteiger partial charge is 0.330 e. The molecule has 2 rings (SSSR count). The van der Waals surface area contributed by atoms with Gasteiger partial charge in [-0.2, -0.15) is 0 Å². The number of ether oxygens (including phenoxy) is 1. The Morgan fingerprint density at radius 3 is 2.15 bits per heavy atom. The van der Waals surface area contributed by atoms with Crippen molar-refractivity contribution in [1.29, 1.82) is 0 Å². The Morgan fingerprint density at radius 2 is 1.50 bits per heavy atom. The zero-order valence-electron chi connectivity index (χ0n) is 10.9. The third-order valence-electron chi connectivity index (χ3n) is 2.61. The summed E-state index contributed by atoms with van der Waals surface area (Å²) >= 11 is 0. The third kappa shape index (κ3) is 4.57. The molecule has 0 aliphatic carbocycles. The summed E-state index contributed by atoms with van der Waals surface area (Å²) in [5.41, 5.74) is 0.904. The second-order valence-corrected chi connectivity index (χ2v) is 4.23. The number of carbonyl (C=O) groups is 2. The number of benzene rings is 2. The minimum atomic E-state index is -0.488. The van der Waals surface area contributed by atoms with Gasteiger partial charge < -0.3 is 10.1 Å². The van der Waals surface area contributed by atoms with Crippen LogP contribution < -0.4 is 10.1 Å². The van der Waals surface area contributed by atoms with Crippen LogP contribution in [0.1, 0.15) is 5.56 Å². The van der Waals surface area contributed by atoms with E-state index in [-0.39, 0.29) is 18.9 Å². The number of amides is 1. The molecule has 0 aromatic heterocycles. The molecule has 0 aliphatic heterocycles. The first-order chi connectivity index (χ1) is 9.74. The molecule has 0 fully saturated rings. The zero-order chi connectivity index (χ0) is 14.2. The van der Waals surface area contributed by atoms with Gasteiger partial charge in [-0.15, -0.1) is 0 Å². The Morgan fingerprint density at radius 1 is 0.900 bits per heavy atom. The van der Waals surface area contributed by atoms with Crippen LogP contribution in [0.5, 0.6) is 5.75 Å². The van der Waals surface area contributed by atoms with E-state index < -0.39 is 5.97 Å². The van der Waals surface area contributed by atoms with E-state index in [0.29, 0.717) is 5.75 Å². The average molecular weight is 269 g/mol. The fourth-order valence-corrected chi connectivity index (χ4v) is 1.67. The standard InChI is InChI=1S/C16H15NO3/c18-15(11-13-7-3-1-4-8-13)17-12-16(19)20-14-9-5-2-6-10-14/h1-10H,11-12H2,(H,17,18). The molecule has 0 aliphatic rings. The first kappa shape index (κ1) is 13.8. The quantitative estimate of drug-likeness (QED) is 0.666. The van der Waals surface area contributed by atoms with Crippen LogP contribution in [-0.4, -0.2) is 18.4 Å². The van der Waals surface area contributed by atoms with E-state index in [9.17, 15) is 9.59 Å². The minimum absolute atomic E-state index is 0.138. The Hall–Kier alpha value is -2.62. The summed E-state index contributed by atoms with van der Waals surface area (Å²) < 4.78 is 5.06. The van der Waals surface area contributed by atoms with Crippen molar-refractivity contribution in [2.45, 2.75) is 6.42 Å². The molecule has 0 bridgehead atoms. The van der Waals surface area contributed by atoms with Gasteiger partial charge in [0, 0.05) is 0 Å². The highest BCUT2D eigenvalue weighted by molar-refractivity contribution is 5.84. The van der Waals surface area contributed by atoms with Crippen molar-refractivity contribution >= 4 is 11.9 Å². The van der Waals surface area contributed by atoms with E-state index >= 15 is 0 Å². The maximum absolute atomic E-state index is 11.7. The lowest BCUT2D eigenvalue weighted by Gasteiger charge is -2.06. The summed E-state index contributed by atoms with van der Waals surface area (Å²) in [6.07, 6.45) is 0.249. The highest BCUT2D eigenvalue weighted by Gasteiger charge is 2.08. The maximum atomic E-state index is 11.7. The number of rotatable bonds is 5. The van der Waals surface area contributed by atoms with Crippen molar-refractivity contribution < 1.29 is 14.3 Å². The predicted octanol–water partition coefficient (Wildman–Crippen LogP) is 1.95. The molecule has 4 heteroatoms. The van der Waals surface area contributed by atoms with Gasteiger partial charge in [-0.3, -0.25) is 4.79 Å². The second-order valence-electron chi connectivity index (χ2n) is 4.23. The molecule has 0 saturated carbocycles. The van der Waals surface area contributed by atoms with Gasteiger partial charge in [0.1, 0.15) is 12.3 Å². The lowest BCUT2D eigenvalue weighted by Crippen LogP contribution is -2.32. The van der Waals surface area contributed by atoms with Crippen LogP contribution in [0.3, 0.4) is 0 Å². The summed E-state index contributed by atoms with van der Waals surface area (Å²) in [6, 6.07) is 18.1. The number of para-hydroxylation sites is 1. The van der Waals surface area contributed by atoms with E-state index in [1.807, 2.05) is 36.4 Å². The number of hydrogen-bond acceptors (Lipinski definition) is 3. The molecule has 102 valence electrons. The van der Waals surface area contributed by atoms with Crippen LogP contribution in [0.4, 0.5) is 0 Å². The van der Waals surface area contributed by atoms with Crippen LogP contribution in [0.25, 0.3) is 0 Å². The van der Waals surface area contributed by atoms with Crippen LogP contribution in [0.2, 0.25) is 0 Å². The molecule has 0 saturated heterocycles. The number of hydrogen-bond donors (Lipinski definition) is 1. The molecule has 2 aromatic rings. The van der Waals surface area contributed by atoms with E-state index in [1.165, 1.54) is 0 Å². The zero-order valence-corrected chi connectivity index (χ0v) is 10.9. The molecular formula is C16H15NO3. The van der Waals surface area contributed by atoms with Crippen molar-refractivity contribution in [3.05, 3.63) is 66.2 Å². The number of nitrogens with one attached hydrogen (secondary N) is 1. The summed E-state index contributed by atoms with van der Waals surface area (Å²) in [4.78, 5) is 23.2.